The van der Waals surface area contributed by atoms with Crippen molar-refractivity contribution in [2.45, 2.75) is 116 Å². The molecule has 1 fully saturated rings. The molecule has 0 unspecified atom stereocenters. The minimum atomic E-state index is 0.119. The average molecular weight is 623 g/mol. The number of ether oxygens (including phenoxy) is 2. The number of amides is 1. The number of nitrogens with zero attached hydrogens (tertiary/aromatic N) is 4. The van der Waals surface area contributed by atoms with E-state index in [0.29, 0.717) is 38.1 Å². The maximum Gasteiger partial charge on any atom is 0.222 e. The number of para-hydroxylation sites is 1. The van der Waals surface area contributed by atoms with Gasteiger partial charge in [0.1, 0.15) is 11.3 Å². The van der Waals surface area contributed by atoms with Crippen molar-refractivity contribution in [2.24, 2.45) is 0 Å². The summed E-state index contributed by atoms with van der Waals surface area (Å²) in [5.74, 6) is 1.76. The molecule has 1 aliphatic carbocycles. The fourth-order valence-electron chi connectivity index (χ4n) is 6.44. The van der Waals surface area contributed by atoms with Gasteiger partial charge in [-0.25, -0.2) is 9.97 Å². The molecule has 1 amide bonds. The molecule has 4 rings (SSSR count). The number of carbonyl (C=O) groups excluding carboxylic acids is 1. The minimum absolute atomic E-state index is 0.119. The fraction of sp³-hybridized carbons (Fsp3) is 0.694. The van der Waals surface area contributed by atoms with Crippen LogP contribution in [0.25, 0.3) is 21.9 Å². The molecule has 2 aromatic heterocycles. The van der Waals surface area contributed by atoms with Crippen molar-refractivity contribution >= 4 is 33.7 Å². The Bertz CT molecular complexity index is 1280. The van der Waals surface area contributed by atoms with Crippen molar-refractivity contribution in [1.29, 1.82) is 0 Å². The van der Waals surface area contributed by atoms with E-state index in [-0.39, 0.29) is 5.91 Å². The summed E-state index contributed by atoms with van der Waals surface area (Å²) in [5, 5.41) is 4.35. The largest absolute Gasteiger partial charge is 0.382 e. The first-order valence-electron chi connectivity index (χ1n) is 17.7. The lowest BCUT2D eigenvalue weighted by Crippen LogP contribution is -2.35. The summed E-state index contributed by atoms with van der Waals surface area (Å²) in [6, 6.07) is 8.58. The first-order chi connectivity index (χ1) is 22.1. The topological polar surface area (TPSA) is 108 Å². The van der Waals surface area contributed by atoms with Gasteiger partial charge >= 0.3 is 0 Å². The highest BCUT2D eigenvalue weighted by Gasteiger charge is 2.17. The van der Waals surface area contributed by atoms with Crippen LogP contribution in [0.5, 0.6) is 0 Å². The maximum absolute atomic E-state index is 12.3. The molecule has 0 saturated heterocycles. The average Bonchev–Trinajstić information content (AvgIpc) is 3.46. The van der Waals surface area contributed by atoms with Crippen LogP contribution in [0.2, 0.25) is 0 Å². The van der Waals surface area contributed by atoms with Crippen molar-refractivity contribution in [2.75, 3.05) is 52.3 Å². The van der Waals surface area contributed by atoms with E-state index >= 15 is 0 Å². The number of hydrogen-bond donors (Lipinski definition) is 2. The Balaban J connectivity index is 1.07. The molecule has 9 nitrogen and oxygen atoms in total. The second-order valence-corrected chi connectivity index (χ2v) is 12.8. The van der Waals surface area contributed by atoms with E-state index < -0.39 is 0 Å². The number of unbranched alkanes of at least 4 members (excludes halogenated alkanes) is 2. The molecule has 0 atom stereocenters. The molecule has 1 saturated carbocycles. The van der Waals surface area contributed by atoms with Gasteiger partial charge in [-0.2, -0.15) is 0 Å². The predicted octanol–water partition coefficient (Wildman–Crippen LogP) is 6.65. The van der Waals surface area contributed by atoms with Gasteiger partial charge in [0.05, 0.1) is 30.9 Å². The van der Waals surface area contributed by atoms with Crippen LogP contribution < -0.4 is 11.1 Å². The van der Waals surface area contributed by atoms with Gasteiger partial charge in [-0.05, 0) is 58.2 Å². The summed E-state index contributed by atoms with van der Waals surface area (Å²) >= 11 is 0. The molecule has 0 spiro atoms. The Morgan fingerprint density at radius 2 is 1.64 bits per heavy atom. The summed E-state index contributed by atoms with van der Waals surface area (Å²) in [5.41, 5.74) is 9.24. The van der Waals surface area contributed by atoms with Crippen molar-refractivity contribution in [3.8, 4) is 0 Å². The van der Waals surface area contributed by atoms with E-state index in [0.717, 1.165) is 105 Å². The van der Waals surface area contributed by atoms with Crippen LogP contribution in [0.3, 0.4) is 0 Å². The Labute approximate surface area is 270 Å². The number of anilines is 1. The third-order valence-corrected chi connectivity index (χ3v) is 9.01. The summed E-state index contributed by atoms with van der Waals surface area (Å²) in [6.07, 6.45) is 16.8. The Morgan fingerprint density at radius 3 is 2.42 bits per heavy atom. The van der Waals surface area contributed by atoms with E-state index in [9.17, 15) is 4.79 Å². The molecule has 9 heteroatoms. The first-order valence-corrected chi connectivity index (χ1v) is 17.7. The third kappa shape index (κ3) is 11.5. The quantitative estimate of drug-likeness (QED) is 0.144. The summed E-state index contributed by atoms with van der Waals surface area (Å²) in [6.45, 7) is 7.49. The summed E-state index contributed by atoms with van der Waals surface area (Å²) < 4.78 is 13.8. The number of aryl methyl sites for hydroxylation is 2. The lowest BCUT2D eigenvalue weighted by Gasteiger charge is -2.18. The number of benzene rings is 1. The zero-order chi connectivity index (χ0) is 31.7. The lowest BCUT2D eigenvalue weighted by atomic mass is 10.0. The van der Waals surface area contributed by atoms with Gasteiger partial charge in [-0.3, -0.25) is 4.79 Å². The molecule has 0 bridgehead atoms. The van der Waals surface area contributed by atoms with E-state index in [1.165, 1.54) is 38.5 Å². The molecule has 3 N–H and O–H groups in total. The van der Waals surface area contributed by atoms with Gasteiger partial charge < -0.3 is 30.0 Å². The number of pyridine rings is 1. The molecule has 2 heterocycles. The number of carbonyl (C=O) groups is 1. The Kier molecular flexibility index (Phi) is 15.4. The van der Waals surface area contributed by atoms with Crippen LogP contribution in [0.15, 0.2) is 24.3 Å². The van der Waals surface area contributed by atoms with Gasteiger partial charge in [-0.15, -0.1) is 0 Å². The van der Waals surface area contributed by atoms with Crippen molar-refractivity contribution in [3.63, 3.8) is 0 Å². The van der Waals surface area contributed by atoms with Gasteiger partial charge in [0.2, 0.25) is 5.91 Å². The minimum Gasteiger partial charge on any atom is -0.382 e. The van der Waals surface area contributed by atoms with Gasteiger partial charge in [-0.1, -0.05) is 70.1 Å². The smallest absolute Gasteiger partial charge is 0.222 e. The molecule has 250 valence electrons. The zero-order valence-electron chi connectivity index (χ0n) is 28.0. The molecule has 0 aliphatic heterocycles. The second-order valence-electron chi connectivity index (χ2n) is 12.8. The molecule has 3 aromatic rings. The summed E-state index contributed by atoms with van der Waals surface area (Å²) in [4.78, 5) is 24.3. The van der Waals surface area contributed by atoms with Crippen LogP contribution in [-0.2, 0) is 27.2 Å². The van der Waals surface area contributed by atoms with Crippen LogP contribution in [-0.4, -0.2) is 77.9 Å². The highest BCUT2D eigenvalue weighted by atomic mass is 16.5. The Hall–Kier alpha value is -2.75. The SMILES string of the molecule is CCCCc1nc2c(N)nc3ccccc3c2n1CCCCN(C)CCCOCCOCCC(=O)NC1CCCCCCCC1. The van der Waals surface area contributed by atoms with E-state index in [1.54, 1.807) is 0 Å². The molecule has 0 radical (unpaired) electrons. The van der Waals surface area contributed by atoms with Gasteiger partial charge in [0.25, 0.3) is 0 Å². The van der Waals surface area contributed by atoms with Crippen molar-refractivity contribution in [3.05, 3.63) is 30.1 Å². The molecular weight excluding hydrogens is 564 g/mol. The number of nitrogens with two attached hydrogens (primary N) is 1. The molecule has 45 heavy (non-hydrogen) atoms. The number of nitrogen functional groups attached to an aromatic ring is 1. The highest BCUT2D eigenvalue weighted by Crippen LogP contribution is 2.29. The second kappa shape index (κ2) is 19.7. The highest BCUT2D eigenvalue weighted by molar-refractivity contribution is 6.06. The van der Waals surface area contributed by atoms with Gasteiger partial charge in [0.15, 0.2) is 5.82 Å². The third-order valence-electron chi connectivity index (χ3n) is 9.01. The van der Waals surface area contributed by atoms with E-state index in [4.69, 9.17) is 20.2 Å². The number of nitrogens with one attached hydrogen (secondary N) is 1. The molecule has 1 aliphatic rings. The molecular formula is C36H58N6O3. The number of hydrogen-bond acceptors (Lipinski definition) is 7. The van der Waals surface area contributed by atoms with Gasteiger partial charge in [0, 0.05) is 44.0 Å². The standard InChI is InChI=1S/C36H58N6O3/c1-3-4-20-32-40-34-35(30-18-11-12-19-31(30)39-36(34)37)42(32)24-14-13-22-41(2)23-15-25-44-27-28-45-26-21-33(43)38-29-16-9-7-5-6-8-10-17-29/h11-12,18-19,29H,3-10,13-17,20-28H2,1-2H3,(H2,37,39)(H,38,43). The van der Waals surface area contributed by atoms with Crippen molar-refractivity contribution in [1.82, 2.24) is 24.8 Å². The predicted molar refractivity (Wildman–Crippen MR) is 185 cm³/mol. The van der Waals surface area contributed by atoms with Crippen LogP contribution in [0.1, 0.15) is 103 Å². The van der Waals surface area contributed by atoms with E-state index in [1.807, 2.05) is 12.1 Å². The maximum atomic E-state index is 12.3. The van der Waals surface area contributed by atoms with Crippen LogP contribution in [0, 0.1) is 0 Å². The number of fused-ring (bicyclic) bond motifs is 3. The van der Waals surface area contributed by atoms with Crippen LogP contribution >= 0.6 is 0 Å². The number of aromatic nitrogens is 3. The normalized spacial score (nSPS) is 15.0. The zero-order valence-corrected chi connectivity index (χ0v) is 28.0. The van der Waals surface area contributed by atoms with E-state index in [2.05, 4.69) is 45.9 Å². The van der Waals surface area contributed by atoms with Crippen molar-refractivity contribution < 1.29 is 14.3 Å². The number of imidazole rings is 1. The number of rotatable bonds is 19. The fourth-order valence-corrected chi connectivity index (χ4v) is 6.44. The lowest BCUT2D eigenvalue weighted by molar-refractivity contribution is -0.123. The monoisotopic (exact) mass is 622 g/mol. The summed E-state index contributed by atoms with van der Waals surface area (Å²) in [7, 11) is 2.19. The Morgan fingerprint density at radius 1 is 0.933 bits per heavy atom. The first kappa shape index (κ1) is 35.1. The van der Waals surface area contributed by atoms with Crippen LogP contribution in [0.4, 0.5) is 5.82 Å². The molecule has 1 aromatic carbocycles.